The van der Waals surface area contributed by atoms with Gasteiger partial charge in [0.1, 0.15) is 0 Å². The zero-order valence-electron chi connectivity index (χ0n) is 16.8. The number of aromatic hydroxyl groups is 1. The summed E-state index contributed by atoms with van der Waals surface area (Å²) in [5.74, 6) is -0.281. The molecule has 0 saturated heterocycles. The van der Waals surface area contributed by atoms with E-state index in [0.717, 1.165) is 16.6 Å². The van der Waals surface area contributed by atoms with Crippen LogP contribution in [0.5, 0.6) is 5.88 Å². The number of hydrogen-bond donors (Lipinski definition) is 3. The highest BCUT2D eigenvalue weighted by Crippen LogP contribution is 2.36. The van der Waals surface area contributed by atoms with Crippen molar-refractivity contribution >= 4 is 34.1 Å². The van der Waals surface area contributed by atoms with Crippen LogP contribution in [0.1, 0.15) is 39.2 Å². The predicted octanol–water partition coefficient (Wildman–Crippen LogP) is 4.63. The van der Waals surface area contributed by atoms with Crippen molar-refractivity contribution in [2.24, 2.45) is 5.10 Å². The van der Waals surface area contributed by atoms with Crippen molar-refractivity contribution in [1.29, 1.82) is 0 Å². The fraction of sp³-hybridized carbons (Fsp3) is 0.273. The predicted molar refractivity (Wildman–Crippen MR) is 118 cm³/mol. The molecule has 6 nitrogen and oxygen atoms in total. The number of rotatable bonds is 6. The van der Waals surface area contributed by atoms with Gasteiger partial charge < -0.3 is 10.2 Å². The standard InChI is InChI=1S/C20H20ClN3O3.C2H6/c1-13(22-23-18(26)8-5-11-25)19-16-12-14(21)9-10-17(16)24(20(19)27)15-6-3-2-4-7-15;1-2/h2-4,6-7,9-10,12,25,27H,5,8,11H2,1H3,(H,23,26);1-2H3/b22-13+;. The molecule has 0 aliphatic heterocycles. The van der Waals surface area contributed by atoms with Crippen LogP contribution in [-0.2, 0) is 4.79 Å². The van der Waals surface area contributed by atoms with Crippen LogP contribution in [0.4, 0.5) is 0 Å². The van der Waals surface area contributed by atoms with Crippen molar-refractivity contribution in [3.05, 3.63) is 59.1 Å². The highest BCUT2D eigenvalue weighted by molar-refractivity contribution is 6.31. The van der Waals surface area contributed by atoms with Crippen LogP contribution in [0.2, 0.25) is 5.02 Å². The molecule has 3 aromatic rings. The van der Waals surface area contributed by atoms with Crippen LogP contribution in [0, 0.1) is 0 Å². The minimum Gasteiger partial charge on any atom is -0.494 e. The third-order valence-corrected chi connectivity index (χ3v) is 4.43. The van der Waals surface area contributed by atoms with Gasteiger partial charge >= 0.3 is 0 Å². The molecule has 0 aliphatic rings. The fourth-order valence-corrected chi connectivity index (χ4v) is 3.11. The number of para-hydroxylation sites is 1. The first-order valence-electron chi connectivity index (χ1n) is 9.55. The SMILES string of the molecule is C/C(=N\NC(=O)CCCO)c1c(O)n(-c2ccccc2)c2ccc(Cl)cc12.CC. The molecule has 0 unspecified atom stereocenters. The average Bonchev–Trinajstić information content (AvgIpc) is 3.03. The summed E-state index contributed by atoms with van der Waals surface area (Å²) in [4.78, 5) is 11.7. The number of aliphatic hydroxyl groups is 1. The molecular weight excluding hydrogens is 390 g/mol. The Morgan fingerprint density at radius 3 is 2.52 bits per heavy atom. The van der Waals surface area contributed by atoms with E-state index >= 15 is 0 Å². The molecule has 3 N–H and O–H groups in total. The van der Waals surface area contributed by atoms with Crippen LogP contribution in [-0.4, -0.2) is 33.0 Å². The van der Waals surface area contributed by atoms with Gasteiger partial charge in [0.05, 0.1) is 16.8 Å². The lowest BCUT2D eigenvalue weighted by atomic mass is 10.1. The van der Waals surface area contributed by atoms with Gasteiger partial charge in [0.25, 0.3) is 0 Å². The summed E-state index contributed by atoms with van der Waals surface area (Å²) >= 11 is 6.16. The number of amides is 1. The lowest BCUT2D eigenvalue weighted by Gasteiger charge is -2.07. The van der Waals surface area contributed by atoms with E-state index in [0.29, 0.717) is 22.7 Å². The van der Waals surface area contributed by atoms with E-state index in [1.165, 1.54) is 0 Å². The number of aliphatic hydroxyl groups excluding tert-OH is 1. The number of nitrogens with one attached hydrogen (secondary N) is 1. The van der Waals surface area contributed by atoms with Gasteiger partial charge in [-0.15, -0.1) is 0 Å². The van der Waals surface area contributed by atoms with Gasteiger partial charge in [0, 0.05) is 29.1 Å². The van der Waals surface area contributed by atoms with Gasteiger partial charge in [-0.05, 0) is 43.7 Å². The van der Waals surface area contributed by atoms with Crippen LogP contribution >= 0.6 is 11.6 Å². The maximum absolute atomic E-state index is 11.7. The number of carbonyl (C=O) groups is 1. The molecule has 0 saturated carbocycles. The third-order valence-electron chi connectivity index (χ3n) is 4.19. The average molecular weight is 416 g/mol. The van der Waals surface area contributed by atoms with Crippen molar-refractivity contribution in [1.82, 2.24) is 9.99 Å². The summed E-state index contributed by atoms with van der Waals surface area (Å²) in [6, 6.07) is 14.8. The molecule has 1 aromatic heterocycles. The Bertz CT molecular complexity index is 997. The first kappa shape index (κ1) is 22.5. The van der Waals surface area contributed by atoms with E-state index in [9.17, 15) is 9.90 Å². The number of aromatic nitrogens is 1. The molecule has 0 radical (unpaired) electrons. The van der Waals surface area contributed by atoms with E-state index in [4.69, 9.17) is 16.7 Å². The molecule has 29 heavy (non-hydrogen) atoms. The van der Waals surface area contributed by atoms with Gasteiger partial charge in [-0.3, -0.25) is 9.36 Å². The van der Waals surface area contributed by atoms with Gasteiger partial charge in [-0.25, -0.2) is 5.43 Å². The molecule has 1 heterocycles. The van der Waals surface area contributed by atoms with Crippen molar-refractivity contribution < 1.29 is 15.0 Å². The first-order chi connectivity index (χ1) is 14.0. The molecule has 0 fully saturated rings. The minimum atomic E-state index is -0.298. The maximum Gasteiger partial charge on any atom is 0.240 e. The molecule has 1 amide bonds. The number of fused-ring (bicyclic) bond motifs is 1. The number of benzene rings is 2. The minimum absolute atomic E-state index is 0.0179. The summed E-state index contributed by atoms with van der Waals surface area (Å²) in [6.07, 6.45) is 0.547. The van der Waals surface area contributed by atoms with Gasteiger partial charge in [-0.2, -0.15) is 5.10 Å². The first-order valence-corrected chi connectivity index (χ1v) is 9.93. The summed E-state index contributed by atoms with van der Waals surface area (Å²) in [7, 11) is 0. The Morgan fingerprint density at radius 2 is 1.86 bits per heavy atom. The second-order valence-electron chi connectivity index (χ2n) is 6.09. The Kier molecular flexibility index (Phi) is 8.24. The number of hydrogen-bond acceptors (Lipinski definition) is 4. The molecule has 0 atom stereocenters. The number of carbonyl (C=O) groups excluding carboxylic acids is 1. The normalized spacial score (nSPS) is 11.1. The van der Waals surface area contributed by atoms with E-state index in [2.05, 4.69) is 10.5 Å². The van der Waals surface area contributed by atoms with Gasteiger partial charge in [0.15, 0.2) is 0 Å². The van der Waals surface area contributed by atoms with Crippen LogP contribution < -0.4 is 5.43 Å². The van der Waals surface area contributed by atoms with E-state index in [-0.39, 0.29) is 24.8 Å². The second kappa shape index (κ2) is 10.6. The second-order valence-corrected chi connectivity index (χ2v) is 6.53. The van der Waals surface area contributed by atoms with Crippen LogP contribution in [0.15, 0.2) is 53.6 Å². The molecule has 0 bridgehead atoms. The monoisotopic (exact) mass is 415 g/mol. The van der Waals surface area contributed by atoms with Gasteiger partial charge in [0.2, 0.25) is 11.8 Å². The quantitative estimate of drug-likeness (QED) is 0.405. The zero-order chi connectivity index (χ0) is 21.4. The van der Waals surface area contributed by atoms with Crippen molar-refractivity contribution in [3.8, 4) is 11.6 Å². The molecule has 2 aromatic carbocycles. The lowest BCUT2D eigenvalue weighted by molar-refractivity contribution is -0.121. The molecule has 3 rings (SSSR count). The Morgan fingerprint density at radius 1 is 1.17 bits per heavy atom. The molecule has 0 spiro atoms. The van der Waals surface area contributed by atoms with Crippen molar-refractivity contribution in [2.75, 3.05) is 6.61 Å². The largest absolute Gasteiger partial charge is 0.494 e. The van der Waals surface area contributed by atoms with E-state index < -0.39 is 0 Å². The van der Waals surface area contributed by atoms with E-state index in [1.807, 2.05) is 50.2 Å². The number of nitrogens with zero attached hydrogens (tertiary/aromatic N) is 2. The zero-order valence-corrected chi connectivity index (χ0v) is 17.6. The smallest absolute Gasteiger partial charge is 0.240 e. The number of halogens is 1. The summed E-state index contributed by atoms with van der Waals surface area (Å²) in [5, 5.41) is 25.1. The third kappa shape index (κ3) is 5.16. The van der Waals surface area contributed by atoms with Crippen LogP contribution in [0.25, 0.3) is 16.6 Å². The molecular formula is C22H26ClN3O3. The Hall–Kier alpha value is -2.83. The molecule has 0 aliphatic carbocycles. The summed E-state index contributed by atoms with van der Waals surface area (Å²) < 4.78 is 1.72. The Balaban J connectivity index is 0.00000145. The summed E-state index contributed by atoms with van der Waals surface area (Å²) in [6.45, 7) is 5.65. The fourth-order valence-electron chi connectivity index (χ4n) is 2.94. The van der Waals surface area contributed by atoms with Crippen molar-refractivity contribution in [3.63, 3.8) is 0 Å². The van der Waals surface area contributed by atoms with Crippen molar-refractivity contribution in [2.45, 2.75) is 33.6 Å². The topological polar surface area (TPSA) is 86.8 Å². The lowest BCUT2D eigenvalue weighted by Crippen LogP contribution is -2.19. The summed E-state index contributed by atoms with van der Waals surface area (Å²) in [5.41, 5.74) is 4.98. The molecule has 154 valence electrons. The highest BCUT2D eigenvalue weighted by Gasteiger charge is 2.20. The molecule has 7 heteroatoms. The van der Waals surface area contributed by atoms with Crippen LogP contribution in [0.3, 0.4) is 0 Å². The highest BCUT2D eigenvalue weighted by atomic mass is 35.5. The Labute approximate surface area is 175 Å². The maximum atomic E-state index is 11.7. The number of hydrazone groups is 1. The van der Waals surface area contributed by atoms with Gasteiger partial charge in [-0.1, -0.05) is 43.6 Å². The van der Waals surface area contributed by atoms with E-state index in [1.54, 1.807) is 23.6 Å².